The van der Waals surface area contributed by atoms with Crippen LogP contribution in [-0.2, 0) is 0 Å². The molecule has 0 aromatic heterocycles. The summed E-state index contributed by atoms with van der Waals surface area (Å²) in [6.07, 6.45) is 0.824. The van der Waals surface area contributed by atoms with Gasteiger partial charge >= 0.3 is 12.0 Å². The van der Waals surface area contributed by atoms with Crippen LogP contribution in [0.25, 0.3) is 0 Å². The van der Waals surface area contributed by atoms with Crippen molar-refractivity contribution in [1.82, 2.24) is 5.32 Å². The topological polar surface area (TPSA) is 78.4 Å². The van der Waals surface area contributed by atoms with Gasteiger partial charge < -0.3 is 15.7 Å². The lowest BCUT2D eigenvalue weighted by Gasteiger charge is -2.13. The van der Waals surface area contributed by atoms with Crippen molar-refractivity contribution in [2.45, 2.75) is 12.5 Å². The van der Waals surface area contributed by atoms with Crippen molar-refractivity contribution in [3.8, 4) is 0 Å². The SMILES string of the molecule is O=C(Nc1cc(C(=O)O)c(F)cc1F)NC1CCSC1. The Bertz CT molecular complexity index is 548. The van der Waals surface area contributed by atoms with E-state index in [1.807, 2.05) is 0 Å². The number of benzene rings is 1. The maximum Gasteiger partial charge on any atom is 0.338 e. The van der Waals surface area contributed by atoms with E-state index in [2.05, 4.69) is 10.6 Å². The number of amides is 2. The molecule has 108 valence electrons. The third kappa shape index (κ3) is 3.38. The van der Waals surface area contributed by atoms with E-state index in [-0.39, 0.29) is 11.7 Å². The van der Waals surface area contributed by atoms with Crippen molar-refractivity contribution in [2.75, 3.05) is 16.8 Å². The monoisotopic (exact) mass is 302 g/mol. The maximum absolute atomic E-state index is 13.5. The molecule has 2 amide bonds. The number of rotatable bonds is 3. The third-order valence-corrected chi connectivity index (χ3v) is 3.96. The fourth-order valence-electron chi connectivity index (χ4n) is 1.80. The Morgan fingerprint density at radius 2 is 2.05 bits per heavy atom. The lowest BCUT2D eigenvalue weighted by Crippen LogP contribution is -2.38. The fraction of sp³-hybridized carbons (Fsp3) is 0.333. The quantitative estimate of drug-likeness (QED) is 0.800. The van der Waals surface area contributed by atoms with Gasteiger partial charge in [-0.2, -0.15) is 11.8 Å². The summed E-state index contributed by atoms with van der Waals surface area (Å²) in [6.45, 7) is 0. The Morgan fingerprint density at radius 3 is 2.65 bits per heavy atom. The predicted octanol–water partition coefficient (Wildman–Crippen LogP) is 2.29. The van der Waals surface area contributed by atoms with Crippen LogP contribution in [0.5, 0.6) is 0 Å². The highest BCUT2D eigenvalue weighted by atomic mass is 32.2. The first-order chi connectivity index (χ1) is 9.47. The Balaban J connectivity index is 2.09. The first-order valence-corrected chi connectivity index (χ1v) is 7.00. The van der Waals surface area contributed by atoms with Crippen molar-refractivity contribution in [1.29, 1.82) is 0 Å². The molecule has 1 saturated heterocycles. The molecule has 3 N–H and O–H groups in total. The number of halogens is 2. The molecule has 0 radical (unpaired) electrons. The Hall–Kier alpha value is -1.83. The summed E-state index contributed by atoms with van der Waals surface area (Å²) in [5.41, 5.74) is -1.06. The van der Waals surface area contributed by atoms with E-state index in [1.165, 1.54) is 0 Å². The van der Waals surface area contributed by atoms with Gasteiger partial charge in [0.15, 0.2) is 0 Å². The Kier molecular flexibility index (Phi) is 4.43. The van der Waals surface area contributed by atoms with Gasteiger partial charge in [-0.1, -0.05) is 0 Å². The minimum Gasteiger partial charge on any atom is -0.478 e. The number of carboxylic acids is 1. The average Bonchev–Trinajstić information content (AvgIpc) is 2.84. The van der Waals surface area contributed by atoms with Crippen LogP contribution in [0.15, 0.2) is 12.1 Å². The van der Waals surface area contributed by atoms with Gasteiger partial charge in [0.25, 0.3) is 0 Å². The number of aromatic carboxylic acids is 1. The number of urea groups is 1. The largest absolute Gasteiger partial charge is 0.478 e. The second-order valence-corrected chi connectivity index (χ2v) is 5.43. The zero-order chi connectivity index (χ0) is 14.7. The standard InChI is InChI=1S/C12H12F2N2O3S/c13-8-4-9(14)10(3-7(8)11(17)18)16-12(19)15-6-1-2-20-5-6/h3-4,6H,1-2,5H2,(H,17,18)(H2,15,16,19). The number of thioether (sulfide) groups is 1. The molecule has 0 aliphatic carbocycles. The van der Waals surface area contributed by atoms with E-state index in [0.717, 1.165) is 24.0 Å². The molecule has 0 saturated carbocycles. The summed E-state index contributed by atoms with van der Waals surface area (Å²) >= 11 is 1.70. The number of carbonyl (C=O) groups excluding carboxylic acids is 1. The van der Waals surface area contributed by atoms with Crippen LogP contribution in [0.4, 0.5) is 19.3 Å². The predicted molar refractivity (Wildman–Crippen MR) is 71.2 cm³/mol. The van der Waals surface area contributed by atoms with Crippen LogP contribution >= 0.6 is 11.8 Å². The zero-order valence-electron chi connectivity index (χ0n) is 10.3. The Labute approximate surface area is 117 Å². The summed E-state index contributed by atoms with van der Waals surface area (Å²) in [4.78, 5) is 22.4. The molecule has 0 bridgehead atoms. The second-order valence-electron chi connectivity index (χ2n) is 4.28. The number of carbonyl (C=O) groups is 2. The second kappa shape index (κ2) is 6.08. The van der Waals surface area contributed by atoms with E-state index in [1.54, 1.807) is 11.8 Å². The first-order valence-electron chi connectivity index (χ1n) is 5.85. The molecule has 1 heterocycles. The van der Waals surface area contributed by atoms with Crippen LogP contribution < -0.4 is 10.6 Å². The number of nitrogens with one attached hydrogen (secondary N) is 2. The number of hydrogen-bond acceptors (Lipinski definition) is 3. The van der Waals surface area contributed by atoms with E-state index in [4.69, 9.17) is 5.11 Å². The van der Waals surface area contributed by atoms with Gasteiger partial charge in [-0.05, 0) is 18.2 Å². The number of anilines is 1. The van der Waals surface area contributed by atoms with E-state index < -0.39 is 29.2 Å². The highest BCUT2D eigenvalue weighted by Crippen LogP contribution is 2.20. The van der Waals surface area contributed by atoms with Crippen molar-refractivity contribution < 1.29 is 23.5 Å². The van der Waals surface area contributed by atoms with E-state index in [9.17, 15) is 18.4 Å². The Morgan fingerprint density at radius 1 is 1.30 bits per heavy atom. The average molecular weight is 302 g/mol. The molecule has 2 rings (SSSR count). The van der Waals surface area contributed by atoms with Crippen molar-refractivity contribution >= 4 is 29.4 Å². The zero-order valence-corrected chi connectivity index (χ0v) is 11.1. The lowest BCUT2D eigenvalue weighted by atomic mass is 10.2. The molecule has 20 heavy (non-hydrogen) atoms. The minimum atomic E-state index is -1.53. The van der Waals surface area contributed by atoms with Crippen LogP contribution in [0.2, 0.25) is 0 Å². The van der Waals surface area contributed by atoms with E-state index >= 15 is 0 Å². The normalized spacial score (nSPS) is 17.8. The molecule has 5 nitrogen and oxygen atoms in total. The van der Waals surface area contributed by atoms with Gasteiger partial charge in [0.1, 0.15) is 11.6 Å². The van der Waals surface area contributed by atoms with Gasteiger partial charge in [-0.3, -0.25) is 0 Å². The summed E-state index contributed by atoms with van der Waals surface area (Å²) < 4.78 is 26.7. The number of hydrogen-bond donors (Lipinski definition) is 3. The van der Waals surface area contributed by atoms with Crippen LogP contribution in [0.1, 0.15) is 16.8 Å². The minimum absolute atomic E-state index is 0.00227. The molecule has 1 aromatic carbocycles. The smallest absolute Gasteiger partial charge is 0.338 e. The van der Waals surface area contributed by atoms with Gasteiger partial charge in [0, 0.05) is 17.9 Å². The van der Waals surface area contributed by atoms with Gasteiger partial charge in [0.2, 0.25) is 0 Å². The fourth-order valence-corrected chi connectivity index (χ4v) is 2.95. The summed E-state index contributed by atoms with van der Waals surface area (Å²) in [5, 5.41) is 13.6. The van der Waals surface area contributed by atoms with Gasteiger partial charge in [-0.15, -0.1) is 0 Å². The van der Waals surface area contributed by atoms with Gasteiger partial charge in [0.05, 0.1) is 11.3 Å². The molecule has 1 aliphatic rings. The van der Waals surface area contributed by atoms with Crippen molar-refractivity contribution in [3.63, 3.8) is 0 Å². The van der Waals surface area contributed by atoms with Crippen LogP contribution in [-0.4, -0.2) is 34.7 Å². The molecule has 1 aliphatic heterocycles. The van der Waals surface area contributed by atoms with Crippen LogP contribution in [0, 0.1) is 11.6 Å². The highest BCUT2D eigenvalue weighted by Gasteiger charge is 2.20. The first kappa shape index (κ1) is 14.6. The summed E-state index contributed by atoms with van der Waals surface area (Å²) in [6, 6.07) is 0.558. The van der Waals surface area contributed by atoms with Crippen molar-refractivity contribution in [2.24, 2.45) is 0 Å². The highest BCUT2D eigenvalue weighted by molar-refractivity contribution is 7.99. The molecular formula is C12H12F2N2O3S. The van der Waals surface area contributed by atoms with E-state index in [0.29, 0.717) is 6.07 Å². The molecule has 0 spiro atoms. The van der Waals surface area contributed by atoms with Gasteiger partial charge in [-0.25, -0.2) is 18.4 Å². The maximum atomic E-state index is 13.5. The number of carboxylic acid groups (broad SMARTS) is 1. The molecular weight excluding hydrogens is 290 g/mol. The molecule has 1 aromatic rings. The molecule has 1 atom stereocenters. The molecule has 1 unspecified atom stereocenters. The van der Waals surface area contributed by atoms with Crippen LogP contribution in [0.3, 0.4) is 0 Å². The molecule has 8 heteroatoms. The summed E-state index contributed by atoms with van der Waals surface area (Å²) in [7, 11) is 0. The third-order valence-electron chi connectivity index (χ3n) is 2.80. The summed E-state index contributed by atoms with van der Waals surface area (Å²) in [5.74, 6) is -2.02. The molecule has 1 fully saturated rings. The van der Waals surface area contributed by atoms with Crippen molar-refractivity contribution in [3.05, 3.63) is 29.3 Å². The lowest BCUT2D eigenvalue weighted by molar-refractivity contribution is 0.0692.